The molecule has 132 valence electrons. The van der Waals surface area contributed by atoms with E-state index in [9.17, 15) is 14.7 Å². The molecule has 0 aromatic heterocycles. The largest absolute Gasteiger partial charge is 0.392 e. The van der Waals surface area contributed by atoms with E-state index in [0.717, 1.165) is 38.5 Å². The van der Waals surface area contributed by atoms with Crippen molar-refractivity contribution in [3.05, 3.63) is 11.6 Å². The van der Waals surface area contributed by atoms with Crippen molar-refractivity contribution in [3.63, 3.8) is 0 Å². The Morgan fingerprint density at radius 2 is 1.92 bits per heavy atom. The van der Waals surface area contributed by atoms with E-state index in [-0.39, 0.29) is 22.5 Å². The monoisotopic (exact) mass is 330 g/mol. The van der Waals surface area contributed by atoms with Crippen LogP contribution in [0.3, 0.4) is 0 Å². The van der Waals surface area contributed by atoms with Crippen LogP contribution in [0.15, 0.2) is 11.6 Å². The lowest BCUT2D eigenvalue weighted by atomic mass is 9.46. The molecule has 3 saturated carbocycles. The van der Waals surface area contributed by atoms with Gasteiger partial charge in [0, 0.05) is 12.3 Å². The van der Waals surface area contributed by atoms with Crippen LogP contribution in [-0.4, -0.2) is 22.8 Å². The molecule has 0 aromatic rings. The number of hydrogen-bond donors (Lipinski definition) is 1. The average molecular weight is 330 g/mol. The lowest BCUT2D eigenvalue weighted by Gasteiger charge is -2.57. The topological polar surface area (TPSA) is 54.4 Å². The molecule has 3 heteroatoms. The maximum atomic E-state index is 12.2. The fourth-order valence-corrected chi connectivity index (χ4v) is 7.31. The number of aliphatic hydroxyl groups excluding tert-OH is 1. The zero-order valence-electron chi connectivity index (χ0n) is 15.2. The van der Waals surface area contributed by atoms with Crippen LogP contribution in [0.2, 0.25) is 0 Å². The van der Waals surface area contributed by atoms with Crippen molar-refractivity contribution >= 4 is 11.6 Å². The fourth-order valence-electron chi connectivity index (χ4n) is 7.31. The Morgan fingerprint density at radius 3 is 2.62 bits per heavy atom. The Bertz CT molecular complexity index is 621. The summed E-state index contributed by atoms with van der Waals surface area (Å²) < 4.78 is 0. The van der Waals surface area contributed by atoms with Crippen molar-refractivity contribution < 1.29 is 14.7 Å². The van der Waals surface area contributed by atoms with Crippen LogP contribution in [0.1, 0.15) is 65.7 Å². The van der Waals surface area contributed by atoms with Gasteiger partial charge in [-0.3, -0.25) is 9.59 Å². The van der Waals surface area contributed by atoms with Gasteiger partial charge >= 0.3 is 0 Å². The van der Waals surface area contributed by atoms with Gasteiger partial charge in [0.25, 0.3) is 0 Å². The van der Waals surface area contributed by atoms with Gasteiger partial charge in [-0.2, -0.15) is 0 Å². The predicted octanol–water partition coefficient (Wildman–Crippen LogP) is 3.69. The summed E-state index contributed by atoms with van der Waals surface area (Å²) in [5.41, 5.74) is 1.51. The summed E-state index contributed by atoms with van der Waals surface area (Å²) >= 11 is 0. The quantitative estimate of drug-likeness (QED) is 0.797. The van der Waals surface area contributed by atoms with Gasteiger partial charge in [0.05, 0.1) is 6.10 Å². The Labute approximate surface area is 144 Å². The summed E-state index contributed by atoms with van der Waals surface area (Å²) in [5.74, 6) is 1.95. The molecular formula is C21H30O3. The zero-order valence-corrected chi connectivity index (χ0v) is 15.2. The van der Waals surface area contributed by atoms with Gasteiger partial charge in [0.1, 0.15) is 5.78 Å². The van der Waals surface area contributed by atoms with Gasteiger partial charge in [-0.15, -0.1) is 0 Å². The van der Waals surface area contributed by atoms with E-state index in [1.165, 1.54) is 5.57 Å². The van der Waals surface area contributed by atoms with Crippen LogP contribution < -0.4 is 0 Å². The number of allylic oxidation sites excluding steroid dienone is 1. The minimum atomic E-state index is -0.464. The smallest absolute Gasteiger partial charge is 0.155 e. The molecule has 4 aliphatic carbocycles. The van der Waals surface area contributed by atoms with Crippen LogP contribution in [-0.2, 0) is 9.59 Å². The van der Waals surface area contributed by atoms with E-state index in [4.69, 9.17) is 0 Å². The molecule has 0 spiro atoms. The van der Waals surface area contributed by atoms with E-state index in [1.54, 1.807) is 6.92 Å². The average Bonchev–Trinajstić information content (AvgIpc) is 2.78. The normalized spacial score (nSPS) is 50.6. The molecule has 1 unspecified atom stereocenters. The highest BCUT2D eigenvalue weighted by Crippen LogP contribution is 2.66. The minimum Gasteiger partial charge on any atom is -0.392 e. The molecule has 0 heterocycles. The van der Waals surface area contributed by atoms with E-state index in [0.29, 0.717) is 30.0 Å². The molecule has 0 amide bonds. The molecule has 0 aliphatic heterocycles. The van der Waals surface area contributed by atoms with Crippen molar-refractivity contribution in [2.75, 3.05) is 0 Å². The number of carbonyl (C=O) groups excluding carboxylic acids is 2. The number of rotatable bonds is 1. The molecule has 0 radical (unpaired) electrons. The van der Waals surface area contributed by atoms with E-state index in [2.05, 4.69) is 13.8 Å². The number of fused-ring (bicyclic) bond motifs is 5. The standard InChI is InChI=1S/C21H30O3/c1-12(22)19-18(24)11-17-15-5-4-13-10-14(23)6-8-20(13,2)16(15)7-9-21(17,19)3/h10,15-19,24H,4-9,11H2,1-3H3/t15-,16+,17+,18-,19?,20+,21+/m1/s1. The first-order chi connectivity index (χ1) is 11.3. The van der Waals surface area contributed by atoms with Crippen LogP contribution in [0.5, 0.6) is 0 Å². The summed E-state index contributed by atoms with van der Waals surface area (Å²) in [5, 5.41) is 10.6. The van der Waals surface area contributed by atoms with Crippen LogP contribution in [0.4, 0.5) is 0 Å². The van der Waals surface area contributed by atoms with Gasteiger partial charge < -0.3 is 5.11 Å². The molecule has 0 saturated heterocycles. The molecule has 0 aromatic carbocycles. The second-order valence-electron chi connectivity index (χ2n) is 9.40. The SMILES string of the molecule is CC(=O)C1[C@H](O)C[C@H]2[C@@H]3CCC4=CC(=O)CC[C@]4(C)[C@H]3CC[C@]12C. The highest BCUT2D eigenvalue weighted by atomic mass is 16.3. The van der Waals surface area contributed by atoms with Crippen molar-refractivity contribution in [1.29, 1.82) is 0 Å². The molecule has 7 atom stereocenters. The van der Waals surface area contributed by atoms with E-state index >= 15 is 0 Å². The maximum absolute atomic E-state index is 12.2. The van der Waals surface area contributed by atoms with Gasteiger partial charge in [0.15, 0.2) is 5.78 Å². The Hall–Kier alpha value is -0.960. The number of carbonyl (C=O) groups is 2. The van der Waals surface area contributed by atoms with Crippen LogP contribution in [0, 0.1) is 34.5 Å². The number of hydrogen-bond acceptors (Lipinski definition) is 3. The van der Waals surface area contributed by atoms with Crippen LogP contribution in [0.25, 0.3) is 0 Å². The summed E-state index contributed by atoms with van der Waals surface area (Å²) in [6.45, 7) is 6.29. The molecule has 4 aliphatic rings. The highest BCUT2D eigenvalue weighted by Gasteiger charge is 2.62. The van der Waals surface area contributed by atoms with Crippen molar-refractivity contribution in [2.24, 2.45) is 34.5 Å². The lowest BCUT2D eigenvalue weighted by molar-refractivity contribution is -0.131. The molecule has 3 nitrogen and oxygen atoms in total. The molecule has 1 N–H and O–H groups in total. The van der Waals surface area contributed by atoms with Crippen molar-refractivity contribution in [1.82, 2.24) is 0 Å². The molecular weight excluding hydrogens is 300 g/mol. The third kappa shape index (κ3) is 2.06. The Balaban J connectivity index is 1.69. The first-order valence-electron chi connectivity index (χ1n) is 9.70. The first-order valence-corrected chi connectivity index (χ1v) is 9.70. The summed E-state index contributed by atoms with van der Waals surface area (Å²) in [6.07, 6.45) is 8.26. The maximum Gasteiger partial charge on any atom is 0.155 e. The Morgan fingerprint density at radius 1 is 1.17 bits per heavy atom. The fraction of sp³-hybridized carbons (Fsp3) is 0.810. The Kier molecular flexibility index (Phi) is 3.62. The minimum absolute atomic E-state index is 0.0333. The number of aliphatic hydroxyl groups is 1. The third-order valence-electron chi connectivity index (χ3n) is 8.43. The predicted molar refractivity (Wildman–Crippen MR) is 92.3 cm³/mol. The van der Waals surface area contributed by atoms with Gasteiger partial charge in [-0.25, -0.2) is 0 Å². The number of Topliss-reactive ketones (excluding diaryl/α,β-unsaturated/α-hetero) is 1. The molecule has 4 rings (SSSR count). The lowest BCUT2D eigenvalue weighted by Crippen LogP contribution is -2.51. The van der Waals surface area contributed by atoms with E-state index in [1.807, 2.05) is 6.08 Å². The summed E-state index contributed by atoms with van der Waals surface area (Å²) in [6, 6.07) is 0. The summed E-state index contributed by atoms with van der Waals surface area (Å²) in [4.78, 5) is 24.1. The first kappa shape index (κ1) is 16.5. The van der Waals surface area contributed by atoms with Crippen molar-refractivity contribution in [2.45, 2.75) is 71.8 Å². The van der Waals surface area contributed by atoms with Crippen LogP contribution >= 0.6 is 0 Å². The molecule has 0 bridgehead atoms. The van der Waals surface area contributed by atoms with E-state index < -0.39 is 6.10 Å². The molecule has 3 fully saturated rings. The second kappa shape index (κ2) is 5.27. The van der Waals surface area contributed by atoms with Gasteiger partial charge in [0.2, 0.25) is 0 Å². The second-order valence-corrected chi connectivity index (χ2v) is 9.40. The number of ketones is 2. The summed E-state index contributed by atoms with van der Waals surface area (Å²) in [7, 11) is 0. The molecule has 24 heavy (non-hydrogen) atoms. The van der Waals surface area contributed by atoms with Gasteiger partial charge in [-0.1, -0.05) is 19.4 Å². The zero-order chi connectivity index (χ0) is 17.3. The van der Waals surface area contributed by atoms with Gasteiger partial charge in [-0.05, 0) is 80.1 Å². The van der Waals surface area contributed by atoms with Crippen molar-refractivity contribution in [3.8, 4) is 0 Å². The highest BCUT2D eigenvalue weighted by molar-refractivity contribution is 5.91. The third-order valence-corrected chi connectivity index (χ3v) is 8.43.